The minimum Gasteiger partial charge on any atom is -0.466 e. The predicted molar refractivity (Wildman–Crippen MR) is 82.6 cm³/mol. The van der Waals surface area contributed by atoms with Gasteiger partial charge in [0.05, 0.1) is 4.83 Å². The van der Waals surface area contributed by atoms with Gasteiger partial charge in [0.2, 0.25) is 0 Å². The lowest BCUT2D eigenvalue weighted by molar-refractivity contribution is 0.502. The second-order valence-corrected chi connectivity index (χ2v) is 6.46. The van der Waals surface area contributed by atoms with E-state index in [0.29, 0.717) is 0 Å². The molecular formula is C15H16Br2O. The van der Waals surface area contributed by atoms with Gasteiger partial charge in [-0.15, -0.1) is 0 Å². The summed E-state index contributed by atoms with van der Waals surface area (Å²) in [6.45, 7) is 8.24. The first kappa shape index (κ1) is 13.9. The van der Waals surface area contributed by atoms with Gasteiger partial charge < -0.3 is 4.42 Å². The number of hydrogen-bond donors (Lipinski definition) is 0. The number of furan rings is 1. The molecule has 18 heavy (non-hydrogen) atoms. The van der Waals surface area contributed by atoms with Crippen molar-refractivity contribution in [2.45, 2.75) is 32.5 Å². The van der Waals surface area contributed by atoms with Crippen LogP contribution in [0.2, 0.25) is 0 Å². The second-order valence-electron chi connectivity index (χ2n) is 4.69. The van der Waals surface area contributed by atoms with Crippen LogP contribution in [0.25, 0.3) is 0 Å². The Morgan fingerprint density at radius 2 is 1.61 bits per heavy atom. The van der Waals surface area contributed by atoms with Gasteiger partial charge in [0.25, 0.3) is 0 Å². The number of alkyl halides is 1. The Morgan fingerprint density at radius 1 is 0.944 bits per heavy atom. The quantitative estimate of drug-likeness (QED) is 0.611. The summed E-state index contributed by atoms with van der Waals surface area (Å²) in [4.78, 5) is 0.182. The Balaban J connectivity index is 2.49. The number of rotatable bonds is 2. The molecule has 0 spiro atoms. The van der Waals surface area contributed by atoms with E-state index in [2.05, 4.69) is 63.9 Å². The maximum Gasteiger partial charge on any atom is 0.105 e. The van der Waals surface area contributed by atoms with E-state index in [0.717, 1.165) is 16.0 Å². The fourth-order valence-corrected chi connectivity index (χ4v) is 3.55. The molecule has 1 heterocycles. The molecule has 0 bridgehead atoms. The molecule has 96 valence electrons. The van der Waals surface area contributed by atoms with E-state index in [1.807, 2.05) is 13.8 Å². The van der Waals surface area contributed by atoms with Gasteiger partial charge in [-0.2, -0.15) is 0 Å². The molecule has 2 rings (SSSR count). The number of benzene rings is 1. The standard InChI is InChI=1S/C15H16Br2O/c1-8-6-14(16)9(2)5-12(8)15(17)13-7-10(3)18-11(13)4/h5-7,15H,1-4H3. The van der Waals surface area contributed by atoms with Crippen LogP contribution >= 0.6 is 31.9 Å². The molecule has 0 fully saturated rings. The van der Waals surface area contributed by atoms with E-state index in [1.165, 1.54) is 22.3 Å². The van der Waals surface area contributed by atoms with Gasteiger partial charge in [0.1, 0.15) is 11.5 Å². The first-order valence-electron chi connectivity index (χ1n) is 5.87. The molecule has 0 aliphatic heterocycles. The molecule has 0 radical (unpaired) electrons. The maximum atomic E-state index is 5.61. The summed E-state index contributed by atoms with van der Waals surface area (Å²) in [5, 5.41) is 0. The summed E-state index contributed by atoms with van der Waals surface area (Å²) >= 11 is 7.36. The van der Waals surface area contributed by atoms with E-state index in [1.54, 1.807) is 0 Å². The van der Waals surface area contributed by atoms with E-state index in [9.17, 15) is 0 Å². The average molecular weight is 372 g/mol. The number of aryl methyl sites for hydroxylation is 4. The molecule has 3 heteroatoms. The minimum atomic E-state index is 0.182. The molecule has 0 aliphatic carbocycles. The lowest BCUT2D eigenvalue weighted by Crippen LogP contribution is -1.97. The third kappa shape index (κ3) is 2.57. The third-order valence-corrected chi connectivity index (χ3v) is 5.01. The van der Waals surface area contributed by atoms with Crippen molar-refractivity contribution in [3.8, 4) is 0 Å². The zero-order valence-corrected chi connectivity index (χ0v) is 14.1. The highest BCUT2D eigenvalue weighted by Crippen LogP contribution is 2.37. The van der Waals surface area contributed by atoms with E-state index < -0.39 is 0 Å². The maximum absolute atomic E-state index is 5.61. The normalized spacial score (nSPS) is 12.8. The zero-order chi connectivity index (χ0) is 13.4. The molecule has 1 nitrogen and oxygen atoms in total. The van der Waals surface area contributed by atoms with Crippen LogP contribution in [-0.4, -0.2) is 0 Å². The highest BCUT2D eigenvalue weighted by atomic mass is 79.9. The van der Waals surface area contributed by atoms with Gasteiger partial charge in [-0.25, -0.2) is 0 Å². The highest BCUT2D eigenvalue weighted by molar-refractivity contribution is 9.10. The van der Waals surface area contributed by atoms with Crippen LogP contribution in [-0.2, 0) is 0 Å². The molecule has 1 aromatic heterocycles. The van der Waals surface area contributed by atoms with E-state index in [4.69, 9.17) is 4.42 Å². The van der Waals surface area contributed by atoms with Crippen LogP contribution in [0.15, 0.2) is 27.1 Å². The molecule has 0 amide bonds. The number of hydrogen-bond acceptors (Lipinski definition) is 1. The summed E-state index contributed by atoms with van der Waals surface area (Å²) in [5.41, 5.74) is 5.02. The lowest BCUT2D eigenvalue weighted by Gasteiger charge is -2.14. The highest BCUT2D eigenvalue weighted by Gasteiger charge is 2.18. The van der Waals surface area contributed by atoms with Gasteiger partial charge in [-0.3, -0.25) is 0 Å². The van der Waals surface area contributed by atoms with Gasteiger partial charge in [0.15, 0.2) is 0 Å². The molecule has 1 aromatic carbocycles. The van der Waals surface area contributed by atoms with Crippen LogP contribution in [0, 0.1) is 27.7 Å². The summed E-state index contributed by atoms with van der Waals surface area (Å²) < 4.78 is 6.77. The van der Waals surface area contributed by atoms with Crippen molar-refractivity contribution < 1.29 is 4.42 Å². The van der Waals surface area contributed by atoms with Crippen LogP contribution in [0.5, 0.6) is 0 Å². The molecule has 0 saturated carbocycles. The lowest BCUT2D eigenvalue weighted by atomic mass is 9.98. The molecular weight excluding hydrogens is 356 g/mol. The summed E-state index contributed by atoms with van der Waals surface area (Å²) in [7, 11) is 0. The summed E-state index contributed by atoms with van der Waals surface area (Å²) in [6.07, 6.45) is 0. The minimum absolute atomic E-state index is 0.182. The first-order chi connectivity index (χ1) is 8.40. The van der Waals surface area contributed by atoms with Gasteiger partial charge in [0, 0.05) is 10.0 Å². The molecule has 0 saturated heterocycles. The molecule has 0 N–H and O–H groups in total. The molecule has 0 aliphatic rings. The summed E-state index contributed by atoms with van der Waals surface area (Å²) in [5.74, 6) is 1.94. The van der Waals surface area contributed by atoms with Crippen LogP contribution in [0.1, 0.15) is 38.6 Å². The van der Waals surface area contributed by atoms with Crippen molar-refractivity contribution in [1.82, 2.24) is 0 Å². The topological polar surface area (TPSA) is 13.1 Å². The number of halogens is 2. The molecule has 1 unspecified atom stereocenters. The van der Waals surface area contributed by atoms with E-state index >= 15 is 0 Å². The average Bonchev–Trinajstić information content (AvgIpc) is 2.62. The Labute approximate surface area is 125 Å². The Bertz CT molecular complexity index is 584. The Hall–Kier alpha value is -0.540. The molecule has 1 atom stereocenters. The summed E-state index contributed by atoms with van der Waals surface area (Å²) in [6, 6.07) is 6.49. The monoisotopic (exact) mass is 370 g/mol. The molecule has 2 aromatic rings. The Morgan fingerprint density at radius 3 is 2.17 bits per heavy atom. The van der Waals surface area contributed by atoms with Crippen molar-refractivity contribution in [3.63, 3.8) is 0 Å². The van der Waals surface area contributed by atoms with Crippen LogP contribution < -0.4 is 0 Å². The van der Waals surface area contributed by atoms with Crippen molar-refractivity contribution in [2.75, 3.05) is 0 Å². The van der Waals surface area contributed by atoms with Gasteiger partial charge >= 0.3 is 0 Å². The zero-order valence-electron chi connectivity index (χ0n) is 11.0. The fourth-order valence-electron chi connectivity index (χ4n) is 2.15. The van der Waals surface area contributed by atoms with Gasteiger partial charge in [-0.1, -0.05) is 37.9 Å². The van der Waals surface area contributed by atoms with Gasteiger partial charge in [-0.05, 0) is 56.5 Å². The van der Waals surface area contributed by atoms with Crippen molar-refractivity contribution in [2.24, 2.45) is 0 Å². The SMILES string of the molecule is Cc1cc(C(Br)c2cc(C)c(Br)cc2C)c(C)o1. The van der Waals surface area contributed by atoms with Crippen molar-refractivity contribution in [3.05, 3.63) is 56.4 Å². The third-order valence-electron chi connectivity index (χ3n) is 3.17. The largest absolute Gasteiger partial charge is 0.466 e. The first-order valence-corrected chi connectivity index (χ1v) is 7.58. The fraction of sp³-hybridized carbons (Fsp3) is 0.333. The van der Waals surface area contributed by atoms with Crippen molar-refractivity contribution >= 4 is 31.9 Å². The predicted octanol–water partition coefficient (Wildman–Crippen LogP) is 5.76. The Kier molecular flexibility index (Phi) is 4.02. The van der Waals surface area contributed by atoms with E-state index in [-0.39, 0.29) is 4.83 Å². The smallest absolute Gasteiger partial charge is 0.105 e. The van der Waals surface area contributed by atoms with Crippen molar-refractivity contribution in [1.29, 1.82) is 0 Å². The second kappa shape index (κ2) is 5.22. The van der Waals surface area contributed by atoms with Crippen LogP contribution in [0.4, 0.5) is 0 Å². The van der Waals surface area contributed by atoms with Crippen LogP contribution in [0.3, 0.4) is 0 Å².